The van der Waals surface area contributed by atoms with Gasteiger partial charge in [0.25, 0.3) is 0 Å². The molecule has 0 aromatic carbocycles. The first-order valence-corrected chi connectivity index (χ1v) is 8.95. The predicted octanol–water partition coefficient (Wildman–Crippen LogP) is 5.90. The zero-order valence-electron chi connectivity index (χ0n) is 17.3. The van der Waals surface area contributed by atoms with Gasteiger partial charge < -0.3 is 0 Å². The lowest BCUT2D eigenvalue weighted by Crippen LogP contribution is -2.42. The van der Waals surface area contributed by atoms with Gasteiger partial charge in [0, 0.05) is 6.42 Å². The number of hydrogen-bond donors (Lipinski definition) is 0. The Morgan fingerprint density at radius 3 is 1.22 bits per heavy atom. The van der Waals surface area contributed by atoms with Crippen LogP contribution in [0.5, 0.6) is 0 Å². The molecule has 0 saturated heterocycles. The van der Waals surface area contributed by atoms with Gasteiger partial charge in [-0.15, -0.1) is 0 Å². The second kappa shape index (κ2) is 8.80. The van der Waals surface area contributed by atoms with Crippen molar-refractivity contribution in [2.75, 3.05) is 0 Å². The van der Waals surface area contributed by atoms with Crippen LogP contribution in [0.1, 0.15) is 89.0 Å². The van der Waals surface area contributed by atoms with Crippen LogP contribution in [0.3, 0.4) is 0 Å². The Morgan fingerprint density at radius 1 is 0.609 bits per heavy atom. The van der Waals surface area contributed by atoms with E-state index in [2.05, 4.69) is 41.5 Å². The molecule has 0 radical (unpaired) electrons. The van der Waals surface area contributed by atoms with E-state index in [1.165, 1.54) is 0 Å². The van der Waals surface area contributed by atoms with Crippen LogP contribution >= 0.6 is 0 Å². The Hall–Kier alpha value is -0.160. The first-order chi connectivity index (χ1) is 10.2. The highest BCUT2D eigenvalue weighted by molar-refractivity contribution is 4.73. The molecule has 0 unspecified atom stereocenters. The van der Waals surface area contributed by atoms with E-state index in [9.17, 15) is 0 Å². The monoisotopic (exact) mass is 332 g/mol. The van der Waals surface area contributed by atoms with Crippen LogP contribution in [0.25, 0.3) is 0 Å². The van der Waals surface area contributed by atoms with Crippen LogP contribution in [-0.4, -0.2) is 17.0 Å². The van der Waals surface area contributed by atoms with E-state index < -0.39 is 17.0 Å². The minimum atomic E-state index is -0.928. The molecule has 0 aromatic heterocycles. The Morgan fingerprint density at radius 2 is 0.957 bits per heavy atom. The summed E-state index contributed by atoms with van der Waals surface area (Å²) < 4.78 is 0. The van der Waals surface area contributed by atoms with E-state index in [1.54, 1.807) is 0 Å². The Kier molecular flexibility index (Phi) is 8.73. The van der Waals surface area contributed by atoms with Gasteiger partial charge in [-0.2, -0.15) is 9.78 Å². The van der Waals surface area contributed by atoms with Gasteiger partial charge in [-0.1, -0.05) is 41.5 Å². The van der Waals surface area contributed by atoms with Crippen LogP contribution < -0.4 is 0 Å². The van der Waals surface area contributed by atoms with Crippen LogP contribution in [-0.2, 0) is 19.6 Å². The molecule has 0 bridgehead atoms. The zero-order chi connectivity index (χ0) is 18.5. The molecule has 23 heavy (non-hydrogen) atoms. The van der Waals surface area contributed by atoms with Crippen LogP contribution in [0.2, 0.25) is 0 Å². The molecule has 0 heterocycles. The summed E-state index contributed by atoms with van der Waals surface area (Å²) in [6.07, 6.45) is 1.67. The van der Waals surface area contributed by atoms with Crippen molar-refractivity contribution in [3.63, 3.8) is 0 Å². The maximum absolute atomic E-state index is 5.73. The van der Waals surface area contributed by atoms with Crippen LogP contribution in [0.4, 0.5) is 0 Å². The molecular weight excluding hydrogens is 292 g/mol. The maximum atomic E-state index is 5.73. The van der Waals surface area contributed by atoms with E-state index in [1.807, 2.05) is 34.6 Å². The van der Waals surface area contributed by atoms with E-state index in [4.69, 9.17) is 19.6 Å². The van der Waals surface area contributed by atoms with Crippen molar-refractivity contribution in [3.8, 4) is 0 Å². The molecule has 4 heteroatoms. The summed E-state index contributed by atoms with van der Waals surface area (Å²) in [6, 6.07) is 0. The Balaban J connectivity index is 4.89. The van der Waals surface area contributed by atoms with Crippen molar-refractivity contribution in [1.29, 1.82) is 0 Å². The third-order valence-corrected chi connectivity index (χ3v) is 4.82. The van der Waals surface area contributed by atoms with Gasteiger partial charge in [-0.3, -0.25) is 0 Å². The predicted molar refractivity (Wildman–Crippen MR) is 94.7 cm³/mol. The van der Waals surface area contributed by atoms with Crippen LogP contribution in [0.15, 0.2) is 0 Å². The van der Waals surface area contributed by atoms with Gasteiger partial charge in [-0.25, -0.2) is 9.78 Å². The normalized spacial score (nSPS) is 14.3. The minimum Gasteiger partial charge on any atom is -0.227 e. The van der Waals surface area contributed by atoms with Gasteiger partial charge in [0.2, 0.25) is 5.79 Å². The molecule has 0 aliphatic carbocycles. The minimum absolute atomic E-state index is 0.324. The molecule has 0 rings (SSSR count). The summed E-state index contributed by atoms with van der Waals surface area (Å²) in [5, 5.41) is 0. The fraction of sp³-hybridized carbons (Fsp3) is 1.00. The molecule has 0 aliphatic rings. The second-order valence-corrected chi connectivity index (χ2v) is 8.92. The van der Waals surface area contributed by atoms with Crippen LogP contribution in [0, 0.1) is 17.8 Å². The zero-order valence-corrected chi connectivity index (χ0v) is 17.3. The Labute approximate surface area is 144 Å². The summed E-state index contributed by atoms with van der Waals surface area (Å²) in [5.41, 5.74) is -0.786. The Bertz CT molecular complexity index is 308. The third kappa shape index (κ3) is 8.48. The number of rotatable bonds is 11. The lowest BCUT2D eigenvalue weighted by molar-refractivity contribution is -0.544. The van der Waals surface area contributed by atoms with Crippen molar-refractivity contribution in [2.45, 2.75) is 106 Å². The van der Waals surface area contributed by atoms with Gasteiger partial charge in [0.15, 0.2) is 0 Å². The average molecular weight is 333 g/mol. The lowest BCUT2D eigenvalue weighted by Gasteiger charge is -2.37. The molecule has 0 fully saturated rings. The van der Waals surface area contributed by atoms with Crippen molar-refractivity contribution in [1.82, 2.24) is 0 Å². The molecular formula is C19H40O4. The molecule has 0 aromatic rings. The highest BCUT2D eigenvalue weighted by atomic mass is 17.3. The van der Waals surface area contributed by atoms with E-state index in [0.29, 0.717) is 24.2 Å². The third-order valence-electron chi connectivity index (χ3n) is 4.82. The van der Waals surface area contributed by atoms with Gasteiger partial charge in [0.1, 0.15) is 11.2 Å². The van der Waals surface area contributed by atoms with E-state index >= 15 is 0 Å². The van der Waals surface area contributed by atoms with E-state index in [0.717, 1.165) is 6.42 Å². The van der Waals surface area contributed by atoms with Crippen molar-refractivity contribution in [3.05, 3.63) is 0 Å². The summed E-state index contributed by atoms with van der Waals surface area (Å²) in [5.74, 6) is 0.273. The van der Waals surface area contributed by atoms with Gasteiger partial charge >= 0.3 is 0 Å². The maximum Gasteiger partial charge on any atom is 0.231 e. The topological polar surface area (TPSA) is 36.9 Å². The van der Waals surface area contributed by atoms with Crippen molar-refractivity contribution < 1.29 is 19.6 Å². The molecule has 0 saturated carbocycles. The van der Waals surface area contributed by atoms with E-state index in [-0.39, 0.29) is 0 Å². The summed E-state index contributed by atoms with van der Waals surface area (Å²) in [4.78, 5) is 22.9. The quantitative estimate of drug-likeness (QED) is 0.268. The van der Waals surface area contributed by atoms with Crippen molar-refractivity contribution in [2.24, 2.45) is 17.8 Å². The van der Waals surface area contributed by atoms with Gasteiger partial charge in [-0.05, 0) is 58.8 Å². The standard InChI is InChI=1S/C19H40O4/c1-14(2)12-13-19(11,22-20-17(7,8)15(3)4)23-21-18(9,10)16(5)6/h14-16H,12-13H2,1-11H3. The molecule has 0 atom stereocenters. The SMILES string of the molecule is CC(C)CCC(C)(OOC(C)(C)C(C)C)OOC(C)(C)C(C)C. The fourth-order valence-electron chi connectivity index (χ4n) is 1.23. The molecule has 0 aliphatic heterocycles. The first kappa shape index (κ1) is 22.8. The fourth-order valence-corrected chi connectivity index (χ4v) is 1.23. The first-order valence-electron chi connectivity index (χ1n) is 8.95. The molecule has 140 valence electrons. The smallest absolute Gasteiger partial charge is 0.227 e. The largest absolute Gasteiger partial charge is 0.231 e. The lowest BCUT2D eigenvalue weighted by atomic mass is 9.95. The molecule has 0 spiro atoms. The van der Waals surface area contributed by atoms with Gasteiger partial charge in [0.05, 0.1) is 0 Å². The summed E-state index contributed by atoms with van der Waals surface area (Å²) in [6.45, 7) is 22.7. The molecule has 0 N–H and O–H groups in total. The summed E-state index contributed by atoms with van der Waals surface area (Å²) in [7, 11) is 0. The average Bonchev–Trinajstić information content (AvgIpc) is 2.41. The molecule has 4 nitrogen and oxygen atoms in total. The highest BCUT2D eigenvalue weighted by Crippen LogP contribution is 2.31. The van der Waals surface area contributed by atoms with Crippen molar-refractivity contribution >= 4 is 0 Å². The second-order valence-electron chi connectivity index (χ2n) is 8.92. The molecule has 0 amide bonds. The number of hydrogen-bond acceptors (Lipinski definition) is 4. The highest BCUT2D eigenvalue weighted by Gasteiger charge is 2.37. The summed E-state index contributed by atoms with van der Waals surface area (Å²) >= 11 is 0.